The Bertz CT molecular complexity index is 557. The van der Waals surface area contributed by atoms with Crippen LogP contribution in [-0.4, -0.2) is 37.2 Å². The lowest BCUT2D eigenvalue weighted by Crippen LogP contribution is -2.50. The summed E-state index contributed by atoms with van der Waals surface area (Å²) >= 11 is 0. The number of hydrogen-bond acceptors (Lipinski definition) is 4. The zero-order valence-electron chi connectivity index (χ0n) is 13.5. The van der Waals surface area contributed by atoms with E-state index in [2.05, 4.69) is 6.58 Å². The van der Waals surface area contributed by atoms with Crippen LogP contribution >= 0.6 is 0 Å². The summed E-state index contributed by atoms with van der Waals surface area (Å²) in [5, 5.41) is 0. The highest BCUT2D eigenvalue weighted by Crippen LogP contribution is 2.35. The zero-order chi connectivity index (χ0) is 16.7. The lowest BCUT2D eigenvalue weighted by Gasteiger charge is -2.39. The van der Waals surface area contributed by atoms with E-state index in [0.29, 0.717) is 25.9 Å². The predicted octanol–water partition coefficient (Wildman–Crippen LogP) is 3.15. The van der Waals surface area contributed by atoms with Crippen LogP contribution in [0.3, 0.4) is 0 Å². The first-order valence-electron chi connectivity index (χ1n) is 7.76. The third kappa shape index (κ3) is 4.12. The molecule has 5 nitrogen and oxygen atoms in total. The van der Waals surface area contributed by atoms with Gasteiger partial charge in [-0.3, -0.25) is 4.79 Å². The molecule has 0 radical (unpaired) electrons. The fourth-order valence-electron chi connectivity index (χ4n) is 3.01. The minimum atomic E-state index is -0.708. The molecule has 0 saturated carbocycles. The summed E-state index contributed by atoms with van der Waals surface area (Å²) in [4.78, 5) is 26.1. The second-order valence-electron chi connectivity index (χ2n) is 5.83. The number of esters is 1. The number of likely N-dealkylation sites (tertiary alicyclic amines) is 1. The number of benzene rings is 1. The Balaban J connectivity index is 2.00. The van der Waals surface area contributed by atoms with Crippen molar-refractivity contribution in [3.05, 3.63) is 48.6 Å². The van der Waals surface area contributed by atoms with E-state index in [1.165, 1.54) is 7.11 Å². The molecule has 1 aromatic rings. The zero-order valence-corrected chi connectivity index (χ0v) is 13.5. The van der Waals surface area contributed by atoms with Gasteiger partial charge < -0.3 is 14.4 Å². The number of piperidine rings is 1. The third-order valence-corrected chi connectivity index (χ3v) is 4.19. The van der Waals surface area contributed by atoms with Crippen LogP contribution in [0.2, 0.25) is 0 Å². The first kappa shape index (κ1) is 17.1. The summed E-state index contributed by atoms with van der Waals surface area (Å²) in [7, 11) is 1.37. The van der Waals surface area contributed by atoms with Crippen molar-refractivity contribution in [2.24, 2.45) is 5.41 Å². The van der Waals surface area contributed by atoms with Gasteiger partial charge in [0.25, 0.3) is 0 Å². The minimum absolute atomic E-state index is 0.225. The number of carbonyl (C=O) groups is 2. The third-order valence-electron chi connectivity index (χ3n) is 4.19. The molecule has 1 unspecified atom stereocenters. The normalized spacial score (nSPS) is 20.7. The molecule has 0 spiro atoms. The molecule has 0 aliphatic carbocycles. The van der Waals surface area contributed by atoms with Gasteiger partial charge in [-0.2, -0.15) is 0 Å². The Morgan fingerprint density at radius 2 is 2.09 bits per heavy atom. The molecular weight excluding hydrogens is 294 g/mol. The number of methoxy groups -OCH3 is 1. The molecule has 2 rings (SSSR count). The van der Waals surface area contributed by atoms with E-state index in [4.69, 9.17) is 9.47 Å². The summed E-state index contributed by atoms with van der Waals surface area (Å²) in [6, 6.07) is 9.52. The molecule has 1 amide bonds. The molecule has 0 N–H and O–H groups in total. The summed E-state index contributed by atoms with van der Waals surface area (Å²) in [5.74, 6) is -0.294. The molecular formula is C18H23NO4. The summed E-state index contributed by atoms with van der Waals surface area (Å²) in [6.45, 7) is 4.84. The number of rotatable bonds is 5. The highest BCUT2D eigenvalue weighted by Gasteiger charge is 2.43. The van der Waals surface area contributed by atoms with Crippen molar-refractivity contribution in [2.75, 3.05) is 20.2 Å². The summed E-state index contributed by atoms with van der Waals surface area (Å²) in [5.41, 5.74) is 0.226. The van der Waals surface area contributed by atoms with Gasteiger partial charge in [-0.25, -0.2) is 4.79 Å². The molecule has 0 bridgehead atoms. The summed E-state index contributed by atoms with van der Waals surface area (Å²) < 4.78 is 10.3. The van der Waals surface area contributed by atoms with Crippen molar-refractivity contribution in [3.63, 3.8) is 0 Å². The van der Waals surface area contributed by atoms with Crippen LogP contribution in [0.4, 0.5) is 4.79 Å². The second-order valence-corrected chi connectivity index (χ2v) is 5.83. The van der Waals surface area contributed by atoms with Crippen molar-refractivity contribution in [3.8, 4) is 0 Å². The van der Waals surface area contributed by atoms with Gasteiger partial charge in [-0.15, -0.1) is 6.58 Å². The van der Waals surface area contributed by atoms with Crippen molar-refractivity contribution >= 4 is 12.1 Å². The van der Waals surface area contributed by atoms with Crippen LogP contribution in [-0.2, 0) is 20.9 Å². The number of carbonyl (C=O) groups excluding carboxylic acids is 2. The first-order chi connectivity index (χ1) is 11.1. The highest BCUT2D eigenvalue weighted by molar-refractivity contribution is 5.79. The second kappa shape index (κ2) is 7.81. The van der Waals surface area contributed by atoms with Gasteiger partial charge in [-0.1, -0.05) is 36.4 Å². The van der Waals surface area contributed by atoms with E-state index < -0.39 is 11.5 Å². The molecule has 1 fully saturated rings. The van der Waals surface area contributed by atoms with E-state index in [9.17, 15) is 9.59 Å². The number of ether oxygens (including phenoxy) is 2. The lowest BCUT2D eigenvalue weighted by molar-refractivity contribution is -0.155. The molecule has 23 heavy (non-hydrogen) atoms. The standard InChI is InChI=1S/C18H23NO4/c1-3-10-18(16(20)22-2)11-7-12-19(14-18)17(21)23-13-15-8-5-4-6-9-15/h3-6,8-9H,1,7,10-14H2,2H3. The van der Waals surface area contributed by atoms with E-state index >= 15 is 0 Å². The average molecular weight is 317 g/mol. The number of amides is 1. The monoisotopic (exact) mass is 317 g/mol. The smallest absolute Gasteiger partial charge is 0.410 e. The van der Waals surface area contributed by atoms with Crippen LogP contribution in [0.1, 0.15) is 24.8 Å². The van der Waals surface area contributed by atoms with Crippen LogP contribution in [0.5, 0.6) is 0 Å². The van der Waals surface area contributed by atoms with Crippen LogP contribution in [0, 0.1) is 5.41 Å². The molecule has 1 heterocycles. The van der Waals surface area contributed by atoms with Crippen molar-refractivity contribution in [1.82, 2.24) is 4.90 Å². The van der Waals surface area contributed by atoms with Crippen molar-refractivity contribution < 1.29 is 19.1 Å². The Hall–Kier alpha value is -2.30. The Morgan fingerprint density at radius 3 is 2.74 bits per heavy atom. The van der Waals surface area contributed by atoms with E-state index in [-0.39, 0.29) is 12.6 Å². The van der Waals surface area contributed by atoms with Gasteiger partial charge in [-0.05, 0) is 24.8 Å². The maximum atomic E-state index is 12.3. The van der Waals surface area contributed by atoms with Gasteiger partial charge >= 0.3 is 12.1 Å². The molecule has 1 saturated heterocycles. The van der Waals surface area contributed by atoms with E-state index in [1.54, 1.807) is 11.0 Å². The fourth-order valence-corrected chi connectivity index (χ4v) is 3.01. The maximum Gasteiger partial charge on any atom is 0.410 e. The van der Waals surface area contributed by atoms with Crippen molar-refractivity contribution in [2.45, 2.75) is 25.9 Å². The largest absolute Gasteiger partial charge is 0.469 e. The van der Waals surface area contributed by atoms with Gasteiger partial charge in [0.05, 0.1) is 12.5 Å². The Kier molecular flexibility index (Phi) is 5.79. The van der Waals surface area contributed by atoms with Crippen LogP contribution in [0.25, 0.3) is 0 Å². The number of allylic oxidation sites excluding steroid dienone is 1. The number of nitrogens with zero attached hydrogens (tertiary/aromatic N) is 1. The molecule has 124 valence electrons. The first-order valence-corrected chi connectivity index (χ1v) is 7.76. The van der Waals surface area contributed by atoms with Crippen molar-refractivity contribution in [1.29, 1.82) is 0 Å². The van der Waals surface area contributed by atoms with E-state index in [0.717, 1.165) is 12.0 Å². The molecule has 1 aliphatic rings. The molecule has 1 atom stereocenters. The Morgan fingerprint density at radius 1 is 1.35 bits per heavy atom. The SMILES string of the molecule is C=CCC1(C(=O)OC)CCCN(C(=O)OCc2ccccc2)C1. The maximum absolute atomic E-state index is 12.3. The fraction of sp³-hybridized carbons (Fsp3) is 0.444. The highest BCUT2D eigenvalue weighted by atomic mass is 16.6. The predicted molar refractivity (Wildman–Crippen MR) is 86.7 cm³/mol. The molecule has 0 aromatic heterocycles. The minimum Gasteiger partial charge on any atom is -0.469 e. The van der Waals surface area contributed by atoms with Gasteiger partial charge in [0.2, 0.25) is 0 Å². The molecule has 1 aromatic carbocycles. The number of hydrogen-bond donors (Lipinski definition) is 0. The van der Waals surface area contributed by atoms with Gasteiger partial charge in [0.1, 0.15) is 6.61 Å². The summed E-state index contributed by atoms with van der Waals surface area (Å²) in [6.07, 6.45) is 3.22. The topological polar surface area (TPSA) is 55.8 Å². The van der Waals surface area contributed by atoms with Crippen LogP contribution in [0.15, 0.2) is 43.0 Å². The molecule has 5 heteroatoms. The Labute approximate surface area is 136 Å². The quantitative estimate of drug-likeness (QED) is 0.618. The molecule has 1 aliphatic heterocycles. The average Bonchev–Trinajstić information content (AvgIpc) is 2.60. The van der Waals surface area contributed by atoms with Gasteiger partial charge in [0.15, 0.2) is 0 Å². The van der Waals surface area contributed by atoms with Crippen LogP contribution < -0.4 is 0 Å². The van der Waals surface area contributed by atoms with Gasteiger partial charge in [0, 0.05) is 13.1 Å². The van der Waals surface area contributed by atoms with E-state index in [1.807, 2.05) is 30.3 Å². The lowest BCUT2D eigenvalue weighted by atomic mass is 9.77.